The summed E-state index contributed by atoms with van der Waals surface area (Å²) in [5, 5.41) is 15.0. The molecule has 0 radical (unpaired) electrons. The largest absolute Gasteiger partial charge is 0.367 e. The van der Waals surface area contributed by atoms with Crippen LogP contribution >= 0.6 is 11.6 Å². The van der Waals surface area contributed by atoms with E-state index in [-0.39, 0.29) is 17.2 Å². The van der Waals surface area contributed by atoms with Crippen LogP contribution in [-0.2, 0) is 4.79 Å². The van der Waals surface area contributed by atoms with E-state index in [4.69, 9.17) is 11.6 Å². The molecule has 0 bridgehead atoms. The lowest BCUT2D eigenvalue weighted by atomic mass is 10.1. The molecule has 2 aliphatic rings. The lowest BCUT2D eigenvalue weighted by Gasteiger charge is -2.36. The predicted molar refractivity (Wildman–Crippen MR) is 133 cm³/mol. The summed E-state index contributed by atoms with van der Waals surface area (Å²) in [5.74, 6) is -0.375. The molecule has 0 aromatic heterocycles. The van der Waals surface area contributed by atoms with E-state index in [2.05, 4.69) is 10.2 Å². The summed E-state index contributed by atoms with van der Waals surface area (Å²) in [6, 6.07) is 9.88. The number of nitro groups is 1. The van der Waals surface area contributed by atoms with E-state index in [0.29, 0.717) is 42.6 Å². The summed E-state index contributed by atoms with van der Waals surface area (Å²) >= 11 is 6.50. The van der Waals surface area contributed by atoms with Gasteiger partial charge in [0.2, 0.25) is 5.91 Å². The Morgan fingerprint density at radius 1 is 0.912 bits per heavy atom. The van der Waals surface area contributed by atoms with Gasteiger partial charge in [-0.05, 0) is 49.6 Å². The molecular weight excluding hydrogens is 458 g/mol. The Labute approximate surface area is 203 Å². The molecular formula is C24H28ClN5O4. The summed E-state index contributed by atoms with van der Waals surface area (Å²) in [6.45, 7) is 5.75. The zero-order valence-electron chi connectivity index (χ0n) is 19.1. The molecule has 9 nitrogen and oxygen atoms in total. The van der Waals surface area contributed by atoms with Crippen molar-refractivity contribution in [2.75, 3.05) is 54.4 Å². The fourth-order valence-corrected chi connectivity index (χ4v) is 4.82. The van der Waals surface area contributed by atoms with Gasteiger partial charge in [-0.25, -0.2) is 0 Å². The van der Waals surface area contributed by atoms with E-state index < -0.39 is 10.8 Å². The van der Waals surface area contributed by atoms with Gasteiger partial charge in [-0.1, -0.05) is 11.6 Å². The van der Waals surface area contributed by atoms with Crippen LogP contribution in [0.2, 0.25) is 5.02 Å². The van der Waals surface area contributed by atoms with Gasteiger partial charge in [-0.3, -0.25) is 19.7 Å². The smallest absolute Gasteiger partial charge is 0.293 e. The van der Waals surface area contributed by atoms with Gasteiger partial charge in [0.1, 0.15) is 5.69 Å². The Morgan fingerprint density at radius 2 is 1.56 bits per heavy atom. The van der Waals surface area contributed by atoms with Crippen molar-refractivity contribution in [1.82, 2.24) is 4.90 Å². The molecule has 0 spiro atoms. The van der Waals surface area contributed by atoms with E-state index in [0.717, 1.165) is 38.0 Å². The Bertz CT molecular complexity index is 1090. The summed E-state index contributed by atoms with van der Waals surface area (Å²) in [6.07, 6.45) is 3.13. The number of hydrogen-bond acceptors (Lipinski definition) is 6. The van der Waals surface area contributed by atoms with Crippen LogP contribution in [0.1, 0.15) is 36.5 Å². The van der Waals surface area contributed by atoms with Crippen molar-refractivity contribution in [3.8, 4) is 0 Å². The zero-order valence-corrected chi connectivity index (χ0v) is 19.9. The number of piperidine rings is 1. The van der Waals surface area contributed by atoms with Crippen molar-refractivity contribution in [2.45, 2.75) is 26.2 Å². The van der Waals surface area contributed by atoms with Gasteiger partial charge in [0, 0.05) is 63.5 Å². The van der Waals surface area contributed by atoms with Crippen molar-refractivity contribution in [2.24, 2.45) is 0 Å². The van der Waals surface area contributed by atoms with Crippen molar-refractivity contribution >= 4 is 46.2 Å². The van der Waals surface area contributed by atoms with E-state index in [1.54, 1.807) is 36.1 Å². The normalized spacial score (nSPS) is 16.4. The number of carbonyl (C=O) groups excluding carboxylic acids is 2. The van der Waals surface area contributed by atoms with Gasteiger partial charge in [0.25, 0.3) is 11.6 Å². The van der Waals surface area contributed by atoms with Gasteiger partial charge in [-0.2, -0.15) is 0 Å². The minimum absolute atomic E-state index is 0.0624. The SMILES string of the molecule is CC(=O)N1CCN(c2ccc(NC(=O)c3ccc(N4CCCCC4)c([N+](=O)[O-])c3)cc2Cl)CC1. The molecule has 2 aromatic carbocycles. The second-order valence-corrected chi connectivity index (χ2v) is 9.03. The molecule has 2 aromatic rings. The fraction of sp³-hybridized carbons (Fsp3) is 0.417. The number of carbonyl (C=O) groups is 2. The lowest BCUT2D eigenvalue weighted by Crippen LogP contribution is -2.48. The van der Waals surface area contributed by atoms with Crippen LogP contribution in [0, 0.1) is 10.1 Å². The topological polar surface area (TPSA) is 99.0 Å². The average molecular weight is 486 g/mol. The molecule has 2 fully saturated rings. The first-order valence-electron chi connectivity index (χ1n) is 11.5. The molecule has 2 amide bonds. The van der Waals surface area contributed by atoms with Crippen molar-refractivity contribution in [3.63, 3.8) is 0 Å². The lowest BCUT2D eigenvalue weighted by molar-refractivity contribution is -0.384. The number of nitro benzene ring substituents is 1. The van der Waals surface area contributed by atoms with Crippen LogP contribution in [0.25, 0.3) is 0 Å². The van der Waals surface area contributed by atoms with Crippen LogP contribution in [0.4, 0.5) is 22.7 Å². The van der Waals surface area contributed by atoms with Gasteiger partial charge in [0.05, 0.1) is 15.6 Å². The average Bonchev–Trinajstić information content (AvgIpc) is 2.84. The van der Waals surface area contributed by atoms with E-state index in [9.17, 15) is 19.7 Å². The molecule has 4 rings (SSSR count). The maximum atomic E-state index is 12.8. The number of halogens is 1. The highest BCUT2D eigenvalue weighted by atomic mass is 35.5. The third kappa shape index (κ3) is 5.25. The molecule has 0 unspecified atom stereocenters. The Hall–Kier alpha value is -3.33. The van der Waals surface area contributed by atoms with Crippen LogP contribution in [0.5, 0.6) is 0 Å². The van der Waals surface area contributed by atoms with Gasteiger partial charge >= 0.3 is 0 Å². The molecule has 180 valence electrons. The fourth-order valence-electron chi connectivity index (χ4n) is 4.52. The van der Waals surface area contributed by atoms with Crippen LogP contribution in [0.15, 0.2) is 36.4 Å². The number of amides is 2. The van der Waals surface area contributed by atoms with Crippen molar-refractivity contribution in [1.29, 1.82) is 0 Å². The second kappa shape index (κ2) is 10.3. The minimum Gasteiger partial charge on any atom is -0.367 e. The monoisotopic (exact) mass is 485 g/mol. The number of rotatable bonds is 5. The maximum Gasteiger partial charge on any atom is 0.293 e. The molecule has 0 saturated carbocycles. The van der Waals surface area contributed by atoms with E-state index in [1.807, 2.05) is 11.0 Å². The van der Waals surface area contributed by atoms with E-state index >= 15 is 0 Å². The molecule has 10 heteroatoms. The van der Waals surface area contributed by atoms with Crippen LogP contribution in [0.3, 0.4) is 0 Å². The highest BCUT2D eigenvalue weighted by Gasteiger charge is 2.24. The third-order valence-corrected chi connectivity index (χ3v) is 6.71. The molecule has 0 aliphatic carbocycles. The third-order valence-electron chi connectivity index (χ3n) is 6.40. The molecule has 34 heavy (non-hydrogen) atoms. The first-order valence-corrected chi connectivity index (χ1v) is 11.9. The molecule has 2 saturated heterocycles. The number of nitrogens with zero attached hydrogens (tertiary/aromatic N) is 4. The van der Waals surface area contributed by atoms with Gasteiger partial charge in [0.15, 0.2) is 0 Å². The van der Waals surface area contributed by atoms with Crippen LogP contribution < -0.4 is 15.1 Å². The van der Waals surface area contributed by atoms with Crippen LogP contribution in [-0.4, -0.2) is 60.9 Å². The minimum atomic E-state index is -0.438. The molecule has 2 aliphatic heterocycles. The second-order valence-electron chi connectivity index (χ2n) is 8.62. The van der Waals surface area contributed by atoms with Gasteiger partial charge in [-0.15, -0.1) is 0 Å². The quantitative estimate of drug-likeness (QED) is 0.504. The number of nitrogens with one attached hydrogen (secondary N) is 1. The molecule has 2 heterocycles. The number of benzene rings is 2. The summed E-state index contributed by atoms with van der Waals surface area (Å²) < 4.78 is 0. The first kappa shape index (κ1) is 23.8. The summed E-state index contributed by atoms with van der Waals surface area (Å²) in [7, 11) is 0. The molecule has 1 N–H and O–H groups in total. The highest BCUT2D eigenvalue weighted by molar-refractivity contribution is 6.33. The highest BCUT2D eigenvalue weighted by Crippen LogP contribution is 2.33. The summed E-state index contributed by atoms with van der Waals surface area (Å²) in [5.41, 5.74) is 2.05. The first-order chi connectivity index (χ1) is 16.3. The summed E-state index contributed by atoms with van der Waals surface area (Å²) in [4.78, 5) is 41.5. The van der Waals surface area contributed by atoms with Crippen molar-refractivity contribution in [3.05, 3.63) is 57.1 Å². The molecule has 0 atom stereocenters. The van der Waals surface area contributed by atoms with Gasteiger partial charge < -0.3 is 20.0 Å². The van der Waals surface area contributed by atoms with Crippen molar-refractivity contribution < 1.29 is 14.5 Å². The number of piperazine rings is 1. The predicted octanol–water partition coefficient (Wildman–Crippen LogP) is 4.16. The zero-order chi connectivity index (χ0) is 24.2. The maximum absolute atomic E-state index is 12.8. The number of anilines is 3. The Balaban J connectivity index is 1.46. The number of hydrogen-bond donors (Lipinski definition) is 1. The Kier molecular flexibility index (Phi) is 7.21. The standard InChI is InChI=1S/C24H28ClN5O4/c1-17(31)27-11-13-29(14-12-27)21-8-6-19(16-20(21)25)26-24(32)18-5-7-22(23(15-18)30(33)34)28-9-3-2-4-10-28/h5-8,15-16H,2-4,9-14H2,1H3,(H,26,32). The Morgan fingerprint density at radius 3 is 2.18 bits per heavy atom. The van der Waals surface area contributed by atoms with E-state index in [1.165, 1.54) is 6.07 Å².